The van der Waals surface area contributed by atoms with Crippen molar-refractivity contribution >= 4 is 11.9 Å². The van der Waals surface area contributed by atoms with Crippen molar-refractivity contribution in [1.29, 1.82) is 0 Å². The molecule has 0 saturated carbocycles. The number of rotatable bonds is 1. The van der Waals surface area contributed by atoms with Gasteiger partial charge in [-0.1, -0.05) is 0 Å². The second-order valence-corrected chi connectivity index (χ2v) is 2.00. The monoisotopic (exact) mass is 129 g/mol. The quantitative estimate of drug-likeness (QED) is 0.538. The maximum atomic E-state index is 4.87. The first-order valence-corrected chi connectivity index (χ1v) is 3.14. The fraction of sp³-hybridized carbons (Fsp3) is 0.200. The van der Waals surface area contributed by atoms with Crippen molar-refractivity contribution in [3.63, 3.8) is 0 Å². The standard InChI is InChI=1S/C5H7NOS/c1-7-5-3-2-4-8-6-5/h2-4,6H,1H3. The summed E-state index contributed by atoms with van der Waals surface area (Å²) in [5.41, 5.74) is 0. The average Bonchev–Trinajstić information content (AvgIpc) is 1.90. The van der Waals surface area contributed by atoms with E-state index in [1.807, 2.05) is 17.6 Å². The highest BCUT2D eigenvalue weighted by molar-refractivity contribution is 8.00. The topological polar surface area (TPSA) is 21.3 Å². The molecule has 0 aromatic rings. The molecule has 0 amide bonds. The Balaban J connectivity index is 2.50. The van der Waals surface area contributed by atoms with E-state index in [1.165, 1.54) is 11.9 Å². The molecule has 3 heteroatoms. The van der Waals surface area contributed by atoms with Crippen molar-refractivity contribution in [2.24, 2.45) is 0 Å². The molecule has 0 saturated heterocycles. The Bertz CT molecular complexity index is 130. The van der Waals surface area contributed by atoms with E-state index >= 15 is 0 Å². The molecule has 0 bridgehead atoms. The summed E-state index contributed by atoms with van der Waals surface area (Å²) in [6, 6.07) is 0. The third kappa shape index (κ3) is 1.20. The van der Waals surface area contributed by atoms with Crippen molar-refractivity contribution in [2.45, 2.75) is 0 Å². The van der Waals surface area contributed by atoms with Crippen LogP contribution in [0.3, 0.4) is 0 Å². The summed E-state index contributed by atoms with van der Waals surface area (Å²) in [6.07, 6.45) is 3.80. The molecule has 1 rings (SSSR count). The number of hydrogen-bond acceptors (Lipinski definition) is 3. The molecule has 0 radical (unpaired) electrons. The van der Waals surface area contributed by atoms with Crippen molar-refractivity contribution in [3.05, 3.63) is 23.4 Å². The second-order valence-electron chi connectivity index (χ2n) is 1.28. The number of hydrogen-bond donors (Lipinski definition) is 1. The van der Waals surface area contributed by atoms with Gasteiger partial charge in [0.2, 0.25) is 0 Å². The zero-order valence-corrected chi connectivity index (χ0v) is 5.37. The van der Waals surface area contributed by atoms with Gasteiger partial charge in [-0.2, -0.15) is 0 Å². The number of methoxy groups -OCH3 is 1. The zero-order chi connectivity index (χ0) is 5.82. The van der Waals surface area contributed by atoms with Crippen LogP contribution >= 0.6 is 11.9 Å². The Morgan fingerprint density at radius 3 is 3.00 bits per heavy atom. The van der Waals surface area contributed by atoms with E-state index in [0.717, 1.165) is 5.88 Å². The normalized spacial score (nSPS) is 16.9. The molecule has 2 nitrogen and oxygen atoms in total. The summed E-state index contributed by atoms with van der Waals surface area (Å²) in [5, 5.41) is 1.95. The molecule has 1 aliphatic rings. The SMILES string of the molecule is COC1=CC=CSN1. The van der Waals surface area contributed by atoms with E-state index in [1.54, 1.807) is 7.11 Å². The van der Waals surface area contributed by atoms with Crippen LogP contribution in [0.15, 0.2) is 23.4 Å². The number of allylic oxidation sites excluding steroid dienone is 2. The van der Waals surface area contributed by atoms with Gasteiger partial charge in [-0.3, -0.25) is 4.72 Å². The van der Waals surface area contributed by atoms with E-state index in [-0.39, 0.29) is 0 Å². The highest BCUT2D eigenvalue weighted by Gasteiger charge is 1.93. The lowest BCUT2D eigenvalue weighted by molar-refractivity contribution is 0.279. The highest BCUT2D eigenvalue weighted by Crippen LogP contribution is 2.07. The molecule has 0 aromatic heterocycles. The van der Waals surface area contributed by atoms with Crippen LogP contribution in [0.2, 0.25) is 0 Å². The maximum absolute atomic E-state index is 4.87. The smallest absolute Gasteiger partial charge is 0.196 e. The summed E-state index contributed by atoms with van der Waals surface area (Å²) in [7, 11) is 1.64. The van der Waals surface area contributed by atoms with Gasteiger partial charge < -0.3 is 4.74 Å². The molecule has 0 spiro atoms. The second kappa shape index (κ2) is 2.67. The highest BCUT2D eigenvalue weighted by atomic mass is 32.2. The van der Waals surface area contributed by atoms with E-state index in [9.17, 15) is 0 Å². The zero-order valence-electron chi connectivity index (χ0n) is 4.55. The van der Waals surface area contributed by atoms with E-state index in [2.05, 4.69) is 4.72 Å². The first-order chi connectivity index (χ1) is 3.93. The van der Waals surface area contributed by atoms with Gasteiger partial charge in [0.1, 0.15) is 0 Å². The summed E-state index contributed by atoms with van der Waals surface area (Å²) < 4.78 is 7.81. The molecule has 1 aliphatic heterocycles. The Hall–Kier alpha value is -0.570. The van der Waals surface area contributed by atoms with Crippen LogP contribution in [0, 0.1) is 0 Å². The van der Waals surface area contributed by atoms with Gasteiger partial charge in [0.15, 0.2) is 5.88 Å². The minimum atomic E-state index is 0.803. The van der Waals surface area contributed by atoms with Crippen LogP contribution < -0.4 is 4.72 Å². The van der Waals surface area contributed by atoms with Gasteiger partial charge in [0.25, 0.3) is 0 Å². The summed E-state index contributed by atoms with van der Waals surface area (Å²) in [5.74, 6) is 0.803. The first kappa shape index (κ1) is 5.56. The number of nitrogens with one attached hydrogen (secondary N) is 1. The molecule has 0 aromatic carbocycles. The third-order valence-electron chi connectivity index (χ3n) is 0.774. The Morgan fingerprint density at radius 2 is 2.62 bits per heavy atom. The first-order valence-electron chi connectivity index (χ1n) is 2.26. The van der Waals surface area contributed by atoms with Crippen molar-refractivity contribution in [2.75, 3.05) is 7.11 Å². The molecule has 0 unspecified atom stereocenters. The van der Waals surface area contributed by atoms with Crippen molar-refractivity contribution in [1.82, 2.24) is 4.72 Å². The molecule has 8 heavy (non-hydrogen) atoms. The number of ether oxygens (including phenoxy) is 1. The largest absolute Gasteiger partial charge is 0.482 e. The Labute approximate surface area is 52.7 Å². The molecule has 0 fully saturated rings. The lowest BCUT2D eigenvalue weighted by Gasteiger charge is -2.07. The van der Waals surface area contributed by atoms with E-state index < -0.39 is 0 Å². The molecule has 1 heterocycles. The van der Waals surface area contributed by atoms with Crippen LogP contribution in [0.25, 0.3) is 0 Å². The Kier molecular flexibility index (Phi) is 1.86. The van der Waals surface area contributed by atoms with Gasteiger partial charge in [-0.05, 0) is 29.5 Å². The summed E-state index contributed by atoms with van der Waals surface area (Å²) >= 11 is 1.50. The fourth-order valence-electron chi connectivity index (χ4n) is 0.402. The predicted octanol–water partition coefficient (Wildman–Crippen LogP) is 1.24. The van der Waals surface area contributed by atoms with Crippen LogP contribution in [-0.4, -0.2) is 7.11 Å². The van der Waals surface area contributed by atoms with Crippen molar-refractivity contribution < 1.29 is 4.74 Å². The maximum Gasteiger partial charge on any atom is 0.196 e. The molecular formula is C5H7NOS. The van der Waals surface area contributed by atoms with Crippen LogP contribution in [-0.2, 0) is 4.74 Å². The van der Waals surface area contributed by atoms with Crippen LogP contribution in [0.4, 0.5) is 0 Å². The van der Waals surface area contributed by atoms with E-state index in [0.29, 0.717) is 0 Å². The molecule has 1 N–H and O–H groups in total. The predicted molar refractivity (Wildman–Crippen MR) is 35.0 cm³/mol. The van der Waals surface area contributed by atoms with Gasteiger partial charge in [-0.15, -0.1) is 0 Å². The average molecular weight is 129 g/mol. The minimum absolute atomic E-state index is 0.803. The van der Waals surface area contributed by atoms with Gasteiger partial charge >= 0.3 is 0 Å². The molecule has 0 atom stereocenters. The molecule has 44 valence electrons. The fourth-order valence-corrected chi connectivity index (χ4v) is 0.894. The van der Waals surface area contributed by atoms with Crippen LogP contribution in [0.5, 0.6) is 0 Å². The molecule has 0 aliphatic carbocycles. The lowest BCUT2D eigenvalue weighted by Crippen LogP contribution is -2.05. The van der Waals surface area contributed by atoms with Crippen LogP contribution in [0.1, 0.15) is 0 Å². The minimum Gasteiger partial charge on any atom is -0.482 e. The Morgan fingerprint density at radius 1 is 1.75 bits per heavy atom. The third-order valence-corrected chi connectivity index (χ3v) is 1.39. The van der Waals surface area contributed by atoms with Crippen molar-refractivity contribution in [3.8, 4) is 0 Å². The molecular weight excluding hydrogens is 122 g/mol. The van der Waals surface area contributed by atoms with Gasteiger partial charge in [0.05, 0.1) is 7.11 Å². The summed E-state index contributed by atoms with van der Waals surface area (Å²) in [6.45, 7) is 0. The van der Waals surface area contributed by atoms with Gasteiger partial charge in [-0.25, -0.2) is 0 Å². The lowest BCUT2D eigenvalue weighted by atomic mass is 10.6. The van der Waals surface area contributed by atoms with Gasteiger partial charge in [0, 0.05) is 0 Å². The van der Waals surface area contributed by atoms with E-state index in [4.69, 9.17) is 4.74 Å². The summed E-state index contributed by atoms with van der Waals surface area (Å²) in [4.78, 5) is 0.